The summed E-state index contributed by atoms with van der Waals surface area (Å²) in [6, 6.07) is 5.26. The van der Waals surface area contributed by atoms with E-state index in [2.05, 4.69) is 4.98 Å². The molecule has 0 saturated carbocycles. The molecule has 78 valence electrons. The van der Waals surface area contributed by atoms with E-state index in [9.17, 15) is 4.79 Å². The summed E-state index contributed by atoms with van der Waals surface area (Å²) in [4.78, 5) is 17.5. The van der Waals surface area contributed by atoms with Gasteiger partial charge in [0.1, 0.15) is 5.52 Å². The largest absolute Gasteiger partial charge is 0.443 e. The number of benzene rings is 1. The number of hydrogen-bond acceptors (Lipinski definition) is 3. The number of aromatic nitrogens is 1. The van der Waals surface area contributed by atoms with Crippen LogP contribution in [0.4, 0.5) is 0 Å². The number of nitrogens with zero attached hydrogens (tertiary/aromatic N) is 2. The fraction of sp³-hybridized carbons (Fsp3) is 0.273. The summed E-state index contributed by atoms with van der Waals surface area (Å²) in [5.41, 5.74) is 2.05. The molecular formula is C11H12N2O2. The molecule has 0 aliphatic heterocycles. The Balaban J connectivity index is 2.39. The van der Waals surface area contributed by atoms with Crippen LogP contribution < -0.4 is 0 Å². The molecule has 0 unspecified atom stereocenters. The van der Waals surface area contributed by atoms with Crippen molar-refractivity contribution in [1.29, 1.82) is 0 Å². The molecule has 1 aromatic carbocycles. The zero-order chi connectivity index (χ0) is 10.8. The molecule has 0 bridgehead atoms. The zero-order valence-corrected chi connectivity index (χ0v) is 8.73. The van der Waals surface area contributed by atoms with E-state index in [1.165, 1.54) is 6.39 Å². The van der Waals surface area contributed by atoms with Crippen LogP contribution in [0.25, 0.3) is 11.1 Å². The number of fused-ring (bicyclic) bond motifs is 1. The normalized spacial score (nSPS) is 10.5. The summed E-state index contributed by atoms with van der Waals surface area (Å²) in [7, 11) is 1.77. The van der Waals surface area contributed by atoms with Gasteiger partial charge in [0, 0.05) is 19.2 Å². The molecule has 0 aliphatic rings. The van der Waals surface area contributed by atoms with Crippen molar-refractivity contribution in [2.24, 2.45) is 0 Å². The summed E-state index contributed by atoms with van der Waals surface area (Å²) >= 11 is 0. The van der Waals surface area contributed by atoms with E-state index in [4.69, 9.17) is 4.42 Å². The van der Waals surface area contributed by atoms with Crippen LogP contribution in [0.5, 0.6) is 0 Å². The molecule has 2 aromatic rings. The predicted molar refractivity (Wildman–Crippen MR) is 56.6 cm³/mol. The number of rotatable bonds is 2. The highest BCUT2D eigenvalue weighted by Crippen LogP contribution is 2.15. The molecule has 4 heteroatoms. The maximum atomic E-state index is 11.8. The van der Waals surface area contributed by atoms with Gasteiger partial charge in [-0.2, -0.15) is 0 Å². The highest BCUT2D eigenvalue weighted by Gasteiger charge is 2.11. The Morgan fingerprint density at radius 3 is 3.07 bits per heavy atom. The van der Waals surface area contributed by atoms with Gasteiger partial charge < -0.3 is 9.32 Å². The minimum absolute atomic E-state index is 0.00222. The molecule has 0 N–H and O–H groups in total. The third-order valence-corrected chi connectivity index (χ3v) is 2.40. The maximum absolute atomic E-state index is 11.8. The first-order chi connectivity index (χ1) is 7.22. The standard InChI is InChI=1S/C11H12N2O2/c1-3-13(2)11(14)8-4-5-10-9(6-8)12-7-15-10/h4-7H,3H2,1-2H3. The lowest BCUT2D eigenvalue weighted by atomic mass is 10.2. The quantitative estimate of drug-likeness (QED) is 0.750. The van der Waals surface area contributed by atoms with Gasteiger partial charge in [0.25, 0.3) is 5.91 Å². The van der Waals surface area contributed by atoms with Crippen molar-refractivity contribution in [3.05, 3.63) is 30.2 Å². The third kappa shape index (κ3) is 1.70. The van der Waals surface area contributed by atoms with Crippen LogP contribution >= 0.6 is 0 Å². The molecule has 0 fully saturated rings. The van der Waals surface area contributed by atoms with Gasteiger partial charge >= 0.3 is 0 Å². The van der Waals surface area contributed by atoms with Crippen molar-refractivity contribution in [2.75, 3.05) is 13.6 Å². The lowest BCUT2D eigenvalue weighted by molar-refractivity contribution is 0.0802. The number of amides is 1. The lowest BCUT2D eigenvalue weighted by Crippen LogP contribution is -2.26. The van der Waals surface area contributed by atoms with Crippen LogP contribution in [0.1, 0.15) is 17.3 Å². The van der Waals surface area contributed by atoms with E-state index < -0.39 is 0 Å². The SMILES string of the molecule is CCN(C)C(=O)c1ccc2ocnc2c1. The first-order valence-electron chi connectivity index (χ1n) is 4.81. The Morgan fingerprint density at radius 2 is 2.33 bits per heavy atom. The minimum atomic E-state index is 0.00222. The Kier molecular flexibility index (Phi) is 2.41. The Bertz CT molecular complexity index is 490. The van der Waals surface area contributed by atoms with Crippen LogP contribution in [-0.2, 0) is 0 Å². The summed E-state index contributed by atoms with van der Waals surface area (Å²) < 4.78 is 5.10. The van der Waals surface area contributed by atoms with E-state index in [0.717, 1.165) is 0 Å². The maximum Gasteiger partial charge on any atom is 0.253 e. The van der Waals surface area contributed by atoms with Gasteiger partial charge in [-0.15, -0.1) is 0 Å². The van der Waals surface area contributed by atoms with Crippen LogP contribution in [0.2, 0.25) is 0 Å². The molecule has 4 nitrogen and oxygen atoms in total. The molecule has 2 rings (SSSR count). The van der Waals surface area contributed by atoms with E-state index in [0.29, 0.717) is 23.2 Å². The van der Waals surface area contributed by atoms with Gasteiger partial charge in [0.2, 0.25) is 0 Å². The highest BCUT2D eigenvalue weighted by molar-refractivity contribution is 5.96. The van der Waals surface area contributed by atoms with Crippen molar-refractivity contribution in [1.82, 2.24) is 9.88 Å². The van der Waals surface area contributed by atoms with Gasteiger partial charge in [0.15, 0.2) is 12.0 Å². The Labute approximate surface area is 87.5 Å². The van der Waals surface area contributed by atoms with E-state index >= 15 is 0 Å². The molecule has 1 amide bonds. The molecule has 0 aliphatic carbocycles. The minimum Gasteiger partial charge on any atom is -0.443 e. The van der Waals surface area contributed by atoms with Crippen LogP contribution in [0.3, 0.4) is 0 Å². The summed E-state index contributed by atoms with van der Waals surface area (Å²) in [5.74, 6) is 0.00222. The van der Waals surface area contributed by atoms with Crippen molar-refractivity contribution in [3.8, 4) is 0 Å². The lowest BCUT2D eigenvalue weighted by Gasteiger charge is -2.13. The predicted octanol–water partition coefficient (Wildman–Crippen LogP) is 1.92. The van der Waals surface area contributed by atoms with Gasteiger partial charge in [-0.05, 0) is 25.1 Å². The average Bonchev–Trinajstić information content (AvgIpc) is 2.73. The number of carbonyl (C=O) groups excluding carboxylic acids is 1. The second-order valence-corrected chi connectivity index (χ2v) is 3.35. The van der Waals surface area contributed by atoms with E-state index in [1.54, 1.807) is 30.1 Å². The van der Waals surface area contributed by atoms with Crippen molar-refractivity contribution in [3.63, 3.8) is 0 Å². The van der Waals surface area contributed by atoms with Gasteiger partial charge in [-0.25, -0.2) is 4.98 Å². The number of oxazole rings is 1. The summed E-state index contributed by atoms with van der Waals surface area (Å²) in [6.07, 6.45) is 1.38. The molecule has 15 heavy (non-hydrogen) atoms. The van der Waals surface area contributed by atoms with E-state index in [-0.39, 0.29) is 5.91 Å². The molecule has 0 radical (unpaired) electrons. The van der Waals surface area contributed by atoms with E-state index in [1.807, 2.05) is 6.92 Å². The average molecular weight is 204 g/mol. The first kappa shape index (κ1) is 9.71. The second kappa shape index (κ2) is 3.73. The molecular weight excluding hydrogens is 192 g/mol. The Hall–Kier alpha value is -1.84. The summed E-state index contributed by atoms with van der Waals surface area (Å²) in [5, 5.41) is 0. The van der Waals surface area contributed by atoms with Gasteiger partial charge in [-0.3, -0.25) is 4.79 Å². The molecule has 0 atom stereocenters. The van der Waals surface area contributed by atoms with Gasteiger partial charge in [-0.1, -0.05) is 0 Å². The molecule has 1 aromatic heterocycles. The molecule has 0 spiro atoms. The van der Waals surface area contributed by atoms with Gasteiger partial charge in [0.05, 0.1) is 0 Å². The summed E-state index contributed by atoms with van der Waals surface area (Å²) in [6.45, 7) is 2.63. The first-order valence-corrected chi connectivity index (χ1v) is 4.81. The van der Waals surface area contributed by atoms with Crippen LogP contribution in [-0.4, -0.2) is 29.4 Å². The van der Waals surface area contributed by atoms with Crippen LogP contribution in [0.15, 0.2) is 29.0 Å². The van der Waals surface area contributed by atoms with Crippen molar-refractivity contribution < 1.29 is 9.21 Å². The molecule has 0 saturated heterocycles. The van der Waals surface area contributed by atoms with Crippen molar-refractivity contribution >= 4 is 17.0 Å². The third-order valence-electron chi connectivity index (χ3n) is 2.40. The number of carbonyl (C=O) groups is 1. The number of hydrogen-bond donors (Lipinski definition) is 0. The monoisotopic (exact) mass is 204 g/mol. The zero-order valence-electron chi connectivity index (χ0n) is 8.73. The second-order valence-electron chi connectivity index (χ2n) is 3.35. The smallest absolute Gasteiger partial charge is 0.253 e. The molecule has 1 heterocycles. The highest BCUT2D eigenvalue weighted by atomic mass is 16.3. The van der Waals surface area contributed by atoms with Crippen molar-refractivity contribution in [2.45, 2.75) is 6.92 Å². The Morgan fingerprint density at radius 1 is 1.53 bits per heavy atom. The fourth-order valence-electron chi connectivity index (χ4n) is 1.35. The fourth-order valence-corrected chi connectivity index (χ4v) is 1.35. The topological polar surface area (TPSA) is 46.3 Å². The van der Waals surface area contributed by atoms with Crippen LogP contribution in [0, 0.1) is 0 Å².